The predicted molar refractivity (Wildman–Crippen MR) is 81.3 cm³/mol. The SMILES string of the molecule is COc1ccc(O)c(CCCc2ccc(O)cc2OC)c1. The number of phenolic OH excluding ortho intramolecular Hbond substituents is 2. The van der Waals surface area contributed by atoms with E-state index in [0.717, 1.165) is 36.1 Å². The van der Waals surface area contributed by atoms with Gasteiger partial charge >= 0.3 is 0 Å². The van der Waals surface area contributed by atoms with Gasteiger partial charge in [-0.05, 0) is 54.7 Å². The number of aryl methyl sites for hydroxylation is 2. The third kappa shape index (κ3) is 3.81. The monoisotopic (exact) mass is 288 g/mol. The Labute approximate surface area is 124 Å². The van der Waals surface area contributed by atoms with Gasteiger partial charge in [-0.1, -0.05) is 6.07 Å². The molecule has 4 heteroatoms. The molecule has 0 bridgehead atoms. The van der Waals surface area contributed by atoms with Crippen LogP contribution in [0.15, 0.2) is 36.4 Å². The van der Waals surface area contributed by atoms with Gasteiger partial charge in [0.1, 0.15) is 23.0 Å². The van der Waals surface area contributed by atoms with Gasteiger partial charge in [0.2, 0.25) is 0 Å². The van der Waals surface area contributed by atoms with Gasteiger partial charge in [0.05, 0.1) is 14.2 Å². The summed E-state index contributed by atoms with van der Waals surface area (Å²) in [7, 11) is 3.20. The molecule has 2 rings (SSSR count). The summed E-state index contributed by atoms with van der Waals surface area (Å²) in [6.07, 6.45) is 2.41. The maximum Gasteiger partial charge on any atom is 0.125 e. The van der Waals surface area contributed by atoms with Crippen molar-refractivity contribution in [2.24, 2.45) is 0 Å². The lowest BCUT2D eigenvalue weighted by Crippen LogP contribution is -1.95. The van der Waals surface area contributed by atoms with Gasteiger partial charge in [-0.15, -0.1) is 0 Å². The topological polar surface area (TPSA) is 58.9 Å². The summed E-state index contributed by atoms with van der Waals surface area (Å²) in [4.78, 5) is 0. The fourth-order valence-electron chi connectivity index (χ4n) is 2.30. The van der Waals surface area contributed by atoms with Crippen molar-refractivity contribution in [3.8, 4) is 23.0 Å². The second kappa shape index (κ2) is 6.88. The fraction of sp³-hybridized carbons (Fsp3) is 0.294. The molecule has 0 unspecified atom stereocenters. The van der Waals surface area contributed by atoms with Crippen LogP contribution < -0.4 is 9.47 Å². The van der Waals surface area contributed by atoms with Crippen LogP contribution in [0.25, 0.3) is 0 Å². The Morgan fingerprint density at radius 1 is 0.857 bits per heavy atom. The zero-order chi connectivity index (χ0) is 15.2. The molecule has 0 heterocycles. The quantitative estimate of drug-likeness (QED) is 0.856. The van der Waals surface area contributed by atoms with Crippen LogP contribution in [0.4, 0.5) is 0 Å². The summed E-state index contributed by atoms with van der Waals surface area (Å²) in [6.45, 7) is 0. The number of hydrogen-bond acceptors (Lipinski definition) is 4. The highest BCUT2D eigenvalue weighted by molar-refractivity contribution is 5.41. The van der Waals surface area contributed by atoms with Gasteiger partial charge in [0, 0.05) is 6.07 Å². The first-order valence-electron chi connectivity index (χ1n) is 6.86. The second-order valence-electron chi connectivity index (χ2n) is 4.84. The molecule has 2 aromatic rings. The van der Waals surface area contributed by atoms with Gasteiger partial charge in [0.25, 0.3) is 0 Å². The van der Waals surface area contributed by atoms with Crippen LogP contribution in [0.3, 0.4) is 0 Å². The Morgan fingerprint density at radius 3 is 2.33 bits per heavy atom. The summed E-state index contributed by atoms with van der Waals surface area (Å²) in [5.41, 5.74) is 1.91. The fourth-order valence-corrected chi connectivity index (χ4v) is 2.30. The van der Waals surface area contributed by atoms with Crippen LogP contribution in [-0.2, 0) is 12.8 Å². The van der Waals surface area contributed by atoms with Crippen molar-refractivity contribution >= 4 is 0 Å². The van der Waals surface area contributed by atoms with E-state index in [2.05, 4.69) is 0 Å². The van der Waals surface area contributed by atoms with Crippen LogP contribution >= 0.6 is 0 Å². The molecule has 0 aliphatic carbocycles. The van der Waals surface area contributed by atoms with E-state index in [-0.39, 0.29) is 11.5 Å². The first-order valence-corrected chi connectivity index (χ1v) is 6.86. The molecule has 21 heavy (non-hydrogen) atoms. The number of aromatic hydroxyl groups is 2. The van der Waals surface area contributed by atoms with Gasteiger partial charge in [0.15, 0.2) is 0 Å². The van der Waals surface area contributed by atoms with Crippen molar-refractivity contribution in [2.45, 2.75) is 19.3 Å². The van der Waals surface area contributed by atoms with Gasteiger partial charge < -0.3 is 19.7 Å². The Bertz CT molecular complexity index is 608. The summed E-state index contributed by atoms with van der Waals surface area (Å²) in [5.74, 6) is 1.91. The standard InChI is InChI=1S/C17H20O4/c1-20-15-8-9-16(19)13(10-15)5-3-4-12-6-7-14(18)11-17(12)21-2/h6-11,18-19H,3-5H2,1-2H3. The molecule has 0 radical (unpaired) electrons. The van der Waals surface area contributed by atoms with Crippen molar-refractivity contribution in [3.05, 3.63) is 47.5 Å². The Morgan fingerprint density at radius 2 is 1.62 bits per heavy atom. The van der Waals surface area contributed by atoms with E-state index in [4.69, 9.17) is 9.47 Å². The molecule has 0 spiro atoms. The molecule has 0 amide bonds. The zero-order valence-corrected chi connectivity index (χ0v) is 12.3. The highest BCUT2D eigenvalue weighted by Crippen LogP contribution is 2.27. The smallest absolute Gasteiger partial charge is 0.125 e. The van der Waals surface area contributed by atoms with Crippen LogP contribution in [0.1, 0.15) is 17.5 Å². The third-order valence-corrected chi connectivity index (χ3v) is 3.45. The van der Waals surface area contributed by atoms with E-state index < -0.39 is 0 Å². The summed E-state index contributed by atoms with van der Waals surface area (Å²) in [6, 6.07) is 10.4. The number of phenols is 2. The maximum atomic E-state index is 9.85. The highest BCUT2D eigenvalue weighted by Gasteiger charge is 2.07. The lowest BCUT2D eigenvalue weighted by molar-refractivity contribution is 0.402. The molecule has 0 atom stereocenters. The molecule has 2 N–H and O–H groups in total. The Kier molecular flexibility index (Phi) is 4.93. The molecular weight excluding hydrogens is 268 g/mol. The lowest BCUT2D eigenvalue weighted by Gasteiger charge is -2.10. The van der Waals surface area contributed by atoms with Crippen LogP contribution in [0.5, 0.6) is 23.0 Å². The minimum absolute atomic E-state index is 0.195. The summed E-state index contributed by atoms with van der Waals surface area (Å²) >= 11 is 0. The van der Waals surface area contributed by atoms with Crippen LogP contribution in [0, 0.1) is 0 Å². The molecule has 0 aliphatic rings. The number of hydrogen-bond donors (Lipinski definition) is 2. The molecule has 0 saturated carbocycles. The largest absolute Gasteiger partial charge is 0.508 e. The normalized spacial score (nSPS) is 10.4. The first kappa shape index (κ1) is 15.0. The summed E-state index contributed by atoms with van der Waals surface area (Å²) < 4.78 is 10.4. The van der Waals surface area contributed by atoms with Gasteiger partial charge in [-0.25, -0.2) is 0 Å². The average molecular weight is 288 g/mol. The number of ether oxygens (including phenoxy) is 2. The first-order chi connectivity index (χ1) is 10.1. The van der Waals surface area contributed by atoms with Crippen molar-refractivity contribution in [1.29, 1.82) is 0 Å². The molecule has 0 fully saturated rings. The van der Waals surface area contributed by atoms with E-state index >= 15 is 0 Å². The van der Waals surface area contributed by atoms with E-state index in [1.807, 2.05) is 12.1 Å². The third-order valence-electron chi connectivity index (χ3n) is 3.45. The molecule has 2 aromatic carbocycles. The van der Waals surface area contributed by atoms with Crippen LogP contribution in [0.2, 0.25) is 0 Å². The minimum Gasteiger partial charge on any atom is -0.508 e. The van der Waals surface area contributed by atoms with E-state index in [1.54, 1.807) is 38.5 Å². The molecule has 0 aliphatic heterocycles. The van der Waals surface area contributed by atoms with Gasteiger partial charge in [-0.3, -0.25) is 0 Å². The number of rotatable bonds is 6. The van der Waals surface area contributed by atoms with E-state index in [0.29, 0.717) is 5.75 Å². The summed E-state index contributed by atoms with van der Waals surface area (Å²) in [5, 5.41) is 19.3. The van der Waals surface area contributed by atoms with E-state index in [1.165, 1.54) is 0 Å². The molecule has 112 valence electrons. The van der Waals surface area contributed by atoms with Crippen LogP contribution in [-0.4, -0.2) is 24.4 Å². The average Bonchev–Trinajstić information content (AvgIpc) is 2.50. The van der Waals surface area contributed by atoms with Crippen molar-refractivity contribution in [3.63, 3.8) is 0 Å². The zero-order valence-electron chi connectivity index (χ0n) is 12.3. The van der Waals surface area contributed by atoms with Crippen molar-refractivity contribution < 1.29 is 19.7 Å². The maximum absolute atomic E-state index is 9.85. The number of methoxy groups -OCH3 is 2. The van der Waals surface area contributed by atoms with E-state index in [9.17, 15) is 10.2 Å². The second-order valence-corrected chi connectivity index (χ2v) is 4.84. The predicted octanol–water partition coefficient (Wildman–Crippen LogP) is 3.29. The molecule has 0 saturated heterocycles. The lowest BCUT2D eigenvalue weighted by atomic mass is 10.0. The minimum atomic E-state index is 0.195. The molecule has 4 nitrogen and oxygen atoms in total. The Balaban J connectivity index is 2.01. The Hall–Kier alpha value is -2.36. The van der Waals surface area contributed by atoms with Crippen molar-refractivity contribution in [1.82, 2.24) is 0 Å². The number of benzene rings is 2. The van der Waals surface area contributed by atoms with Crippen molar-refractivity contribution in [2.75, 3.05) is 14.2 Å². The molecule has 0 aromatic heterocycles. The van der Waals surface area contributed by atoms with Gasteiger partial charge in [-0.2, -0.15) is 0 Å². The highest BCUT2D eigenvalue weighted by atomic mass is 16.5. The molecular formula is C17H20O4.